The average Bonchev–Trinajstić information content (AvgIpc) is 2.75. The molecular formula is C14H27N3O. The number of nitrogens with zero attached hydrogens (tertiary/aromatic N) is 2. The number of hydrogen-bond donors (Lipinski definition) is 1. The monoisotopic (exact) mass is 253 g/mol. The molecule has 0 aliphatic carbocycles. The fourth-order valence-electron chi connectivity index (χ4n) is 2.20. The van der Waals surface area contributed by atoms with E-state index in [1.165, 1.54) is 5.69 Å². The van der Waals surface area contributed by atoms with Crippen LogP contribution in [0.2, 0.25) is 0 Å². The van der Waals surface area contributed by atoms with Gasteiger partial charge in [0.25, 0.3) is 0 Å². The van der Waals surface area contributed by atoms with Crippen molar-refractivity contribution in [2.24, 2.45) is 0 Å². The van der Waals surface area contributed by atoms with Crippen molar-refractivity contribution in [2.45, 2.75) is 52.6 Å². The minimum Gasteiger partial charge on any atom is -0.385 e. The van der Waals surface area contributed by atoms with Crippen molar-refractivity contribution in [3.63, 3.8) is 0 Å². The van der Waals surface area contributed by atoms with Gasteiger partial charge in [0.2, 0.25) is 0 Å². The molecule has 0 saturated heterocycles. The Hall–Kier alpha value is -0.870. The van der Waals surface area contributed by atoms with E-state index in [1.807, 2.05) is 0 Å². The molecule has 1 N–H and O–H groups in total. The summed E-state index contributed by atoms with van der Waals surface area (Å²) in [6.45, 7) is 9.19. The minimum absolute atomic E-state index is 0.390. The number of aromatic nitrogens is 2. The summed E-state index contributed by atoms with van der Waals surface area (Å²) in [5.41, 5.74) is 2.40. The Balaban J connectivity index is 2.72. The van der Waals surface area contributed by atoms with Crippen molar-refractivity contribution < 1.29 is 4.74 Å². The van der Waals surface area contributed by atoms with Crippen molar-refractivity contribution in [3.05, 3.63) is 17.5 Å². The maximum atomic E-state index is 5.14. The summed E-state index contributed by atoms with van der Waals surface area (Å²) in [4.78, 5) is 0. The first-order valence-electron chi connectivity index (χ1n) is 6.99. The Labute approximate surface area is 111 Å². The lowest BCUT2D eigenvalue weighted by Gasteiger charge is -2.19. The molecule has 0 spiro atoms. The second-order valence-electron chi connectivity index (χ2n) is 4.67. The van der Waals surface area contributed by atoms with Crippen molar-refractivity contribution in [1.29, 1.82) is 0 Å². The topological polar surface area (TPSA) is 39.1 Å². The molecule has 1 atom stereocenters. The molecule has 0 aromatic carbocycles. The van der Waals surface area contributed by atoms with Gasteiger partial charge in [-0.1, -0.05) is 6.92 Å². The fraction of sp³-hybridized carbons (Fsp3) is 0.786. The molecule has 4 heteroatoms. The van der Waals surface area contributed by atoms with Gasteiger partial charge in [-0.3, -0.25) is 4.68 Å². The van der Waals surface area contributed by atoms with Gasteiger partial charge in [-0.2, -0.15) is 5.10 Å². The van der Waals surface area contributed by atoms with E-state index in [0.29, 0.717) is 6.04 Å². The highest BCUT2D eigenvalue weighted by molar-refractivity contribution is 5.13. The molecule has 0 aliphatic rings. The van der Waals surface area contributed by atoms with Gasteiger partial charge in [0.15, 0.2) is 0 Å². The third kappa shape index (κ3) is 4.42. The largest absolute Gasteiger partial charge is 0.385 e. The molecule has 1 aromatic rings. The first-order valence-corrected chi connectivity index (χ1v) is 6.99. The maximum absolute atomic E-state index is 5.14. The van der Waals surface area contributed by atoms with Crippen molar-refractivity contribution in [3.8, 4) is 0 Å². The minimum atomic E-state index is 0.390. The summed E-state index contributed by atoms with van der Waals surface area (Å²) in [5, 5.41) is 8.15. The molecule has 4 nitrogen and oxygen atoms in total. The van der Waals surface area contributed by atoms with Gasteiger partial charge < -0.3 is 10.1 Å². The zero-order valence-corrected chi connectivity index (χ0v) is 12.2. The molecule has 0 aliphatic heterocycles. The van der Waals surface area contributed by atoms with Crippen LogP contribution in [-0.4, -0.2) is 30.0 Å². The van der Waals surface area contributed by atoms with E-state index in [2.05, 4.69) is 41.9 Å². The molecule has 1 rings (SSSR count). The first-order chi connectivity index (χ1) is 8.72. The molecule has 0 amide bonds. The normalized spacial score (nSPS) is 12.9. The summed E-state index contributed by atoms with van der Waals surface area (Å²) < 4.78 is 7.25. The summed E-state index contributed by atoms with van der Waals surface area (Å²) in [6, 6.07) is 2.59. The van der Waals surface area contributed by atoms with Gasteiger partial charge >= 0.3 is 0 Å². The molecule has 104 valence electrons. The van der Waals surface area contributed by atoms with Crippen LogP contribution in [0.5, 0.6) is 0 Å². The van der Waals surface area contributed by atoms with E-state index in [9.17, 15) is 0 Å². The SMILES string of the molecule is CCCNC(CCCOC)c1cc(C)nn1CC. The first kappa shape index (κ1) is 15.2. The highest BCUT2D eigenvalue weighted by atomic mass is 16.5. The highest BCUT2D eigenvalue weighted by Crippen LogP contribution is 2.20. The Kier molecular flexibility index (Phi) is 6.98. The zero-order valence-electron chi connectivity index (χ0n) is 12.2. The van der Waals surface area contributed by atoms with Crippen LogP contribution in [-0.2, 0) is 11.3 Å². The van der Waals surface area contributed by atoms with Crippen LogP contribution in [0.25, 0.3) is 0 Å². The average molecular weight is 253 g/mol. The number of ether oxygens (including phenoxy) is 1. The number of methoxy groups -OCH3 is 1. The molecular weight excluding hydrogens is 226 g/mol. The lowest BCUT2D eigenvalue weighted by Crippen LogP contribution is -2.25. The van der Waals surface area contributed by atoms with Crippen LogP contribution in [0.15, 0.2) is 6.07 Å². The quantitative estimate of drug-likeness (QED) is 0.688. The fourth-order valence-corrected chi connectivity index (χ4v) is 2.20. The van der Waals surface area contributed by atoms with Crippen LogP contribution in [0.3, 0.4) is 0 Å². The van der Waals surface area contributed by atoms with Crippen LogP contribution in [0.4, 0.5) is 0 Å². The predicted molar refractivity (Wildman–Crippen MR) is 74.8 cm³/mol. The van der Waals surface area contributed by atoms with E-state index in [-0.39, 0.29) is 0 Å². The standard InChI is InChI=1S/C14H27N3O/c1-5-9-15-13(8-7-10-18-4)14-11-12(3)16-17(14)6-2/h11,13,15H,5-10H2,1-4H3. The second kappa shape index (κ2) is 8.27. The van der Waals surface area contributed by atoms with E-state index < -0.39 is 0 Å². The van der Waals surface area contributed by atoms with Crippen molar-refractivity contribution in [2.75, 3.05) is 20.3 Å². The van der Waals surface area contributed by atoms with Gasteiger partial charge in [-0.15, -0.1) is 0 Å². The van der Waals surface area contributed by atoms with Crippen LogP contribution < -0.4 is 5.32 Å². The zero-order chi connectivity index (χ0) is 13.4. The Morgan fingerprint density at radius 2 is 2.22 bits per heavy atom. The number of hydrogen-bond acceptors (Lipinski definition) is 3. The molecule has 1 heterocycles. The summed E-state index contributed by atoms with van der Waals surface area (Å²) in [7, 11) is 1.76. The van der Waals surface area contributed by atoms with Gasteiger partial charge in [0.1, 0.15) is 0 Å². The Bertz CT molecular complexity index is 336. The predicted octanol–water partition coefficient (Wildman–Crippen LogP) is 2.68. The molecule has 18 heavy (non-hydrogen) atoms. The maximum Gasteiger partial charge on any atom is 0.0597 e. The Morgan fingerprint density at radius 1 is 1.44 bits per heavy atom. The van der Waals surface area contributed by atoms with Crippen molar-refractivity contribution in [1.82, 2.24) is 15.1 Å². The molecule has 1 aromatic heterocycles. The lowest BCUT2D eigenvalue weighted by atomic mass is 10.1. The molecule has 0 bridgehead atoms. The molecule has 0 radical (unpaired) electrons. The third-order valence-electron chi connectivity index (χ3n) is 3.07. The number of rotatable bonds is 9. The van der Waals surface area contributed by atoms with Crippen LogP contribution in [0, 0.1) is 6.92 Å². The van der Waals surface area contributed by atoms with E-state index in [1.54, 1.807) is 7.11 Å². The molecule has 0 saturated carbocycles. The summed E-state index contributed by atoms with van der Waals surface area (Å²) in [6.07, 6.45) is 3.32. The third-order valence-corrected chi connectivity index (χ3v) is 3.07. The van der Waals surface area contributed by atoms with Gasteiger partial charge in [0.05, 0.1) is 11.4 Å². The molecule has 0 fully saturated rings. The van der Waals surface area contributed by atoms with E-state index >= 15 is 0 Å². The van der Waals surface area contributed by atoms with E-state index in [0.717, 1.165) is 44.7 Å². The van der Waals surface area contributed by atoms with E-state index in [4.69, 9.17) is 4.74 Å². The smallest absolute Gasteiger partial charge is 0.0597 e. The summed E-state index contributed by atoms with van der Waals surface area (Å²) >= 11 is 0. The lowest BCUT2D eigenvalue weighted by molar-refractivity contribution is 0.188. The second-order valence-corrected chi connectivity index (χ2v) is 4.67. The van der Waals surface area contributed by atoms with Crippen molar-refractivity contribution >= 4 is 0 Å². The van der Waals surface area contributed by atoms with Gasteiger partial charge in [0, 0.05) is 26.3 Å². The van der Waals surface area contributed by atoms with Crippen LogP contribution >= 0.6 is 0 Å². The van der Waals surface area contributed by atoms with Gasteiger partial charge in [-0.25, -0.2) is 0 Å². The van der Waals surface area contributed by atoms with Gasteiger partial charge in [-0.05, 0) is 45.7 Å². The van der Waals surface area contributed by atoms with Crippen LogP contribution in [0.1, 0.15) is 50.5 Å². The number of nitrogens with one attached hydrogen (secondary N) is 1. The summed E-state index contributed by atoms with van der Waals surface area (Å²) in [5.74, 6) is 0. The Morgan fingerprint density at radius 3 is 2.83 bits per heavy atom. The number of aryl methyl sites for hydroxylation is 2. The molecule has 1 unspecified atom stereocenters. The highest BCUT2D eigenvalue weighted by Gasteiger charge is 2.15.